The van der Waals surface area contributed by atoms with Crippen molar-refractivity contribution in [1.29, 1.82) is 0 Å². The van der Waals surface area contributed by atoms with Crippen LogP contribution in [-0.4, -0.2) is 39.4 Å². The van der Waals surface area contributed by atoms with E-state index in [2.05, 4.69) is 10.5 Å². The molecule has 138 valence electrons. The van der Waals surface area contributed by atoms with Crippen LogP contribution in [-0.2, 0) is 14.8 Å². The minimum absolute atomic E-state index is 0.316. The lowest BCUT2D eigenvalue weighted by Crippen LogP contribution is -2.39. The summed E-state index contributed by atoms with van der Waals surface area (Å²) in [5, 5.41) is 4.13. The smallest absolute Gasteiger partial charge is 0.260 e. The molecule has 0 bridgehead atoms. The van der Waals surface area contributed by atoms with Gasteiger partial charge in [-0.25, -0.2) is 13.8 Å². The molecule has 1 aromatic rings. The van der Waals surface area contributed by atoms with E-state index in [1.165, 1.54) is 6.42 Å². The van der Waals surface area contributed by atoms with Gasteiger partial charge in [-0.2, -0.15) is 5.10 Å². The lowest BCUT2D eigenvalue weighted by molar-refractivity contribution is -0.119. The fraction of sp³-hybridized carbons (Fsp3) is 0.529. The molecular weight excluding hydrogens is 342 g/mol. The number of anilines is 1. The molecular formula is C17H25N3O4S. The maximum Gasteiger partial charge on any atom is 0.260 e. The van der Waals surface area contributed by atoms with Crippen LogP contribution in [0.25, 0.3) is 0 Å². The highest BCUT2D eigenvalue weighted by molar-refractivity contribution is 7.92. The maximum absolute atomic E-state index is 12.1. The van der Waals surface area contributed by atoms with Gasteiger partial charge in [0.15, 0.2) is 0 Å². The zero-order valence-corrected chi connectivity index (χ0v) is 15.5. The lowest BCUT2D eigenvalue weighted by atomic mass is 9.99. The number of rotatable bonds is 7. The molecule has 7 nitrogen and oxygen atoms in total. The molecule has 0 radical (unpaired) electrons. The highest BCUT2D eigenvalue weighted by atomic mass is 32.2. The standard InChI is InChI=1S/C17H25N3O4S/c1-3-24-16-11-9-15(10-12-16)20(25(2,22)23)13-17(21)19-18-14-7-5-4-6-8-14/h9-12H,3-8,13H2,1-2H3,(H,19,21). The van der Waals surface area contributed by atoms with Crippen molar-refractivity contribution in [2.45, 2.75) is 39.0 Å². The summed E-state index contributed by atoms with van der Waals surface area (Å²) in [6.45, 7) is 2.08. The third-order valence-corrected chi connectivity index (χ3v) is 5.03. The van der Waals surface area contributed by atoms with Crippen LogP contribution in [0, 0.1) is 0 Å². The van der Waals surface area contributed by atoms with Crippen molar-refractivity contribution in [3.63, 3.8) is 0 Å². The summed E-state index contributed by atoms with van der Waals surface area (Å²) >= 11 is 0. The number of nitrogens with zero attached hydrogens (tertiary/aromatic N) is 2. The summed E-state index contributed by atoms with van der Waals surface area (Å²) in [4.78, 5) is 12.1. The molecule has 0 unspecified atom stereocenters. The van der Waals surface area contributed by atoms with Crippen LogP contribution < -0.4 is 14.5 Å². The third kappa shape index (κ3) is 6.04. The molecule has 0 saturated heterocycles. The molecule has 8 heteroatoms. The van der Waals surface area contributed by atoms with Gasteiger partial charge >= 0.3 is 0 Å². The van der Waals surface area contributed by atoms with Crippen molar-refractivity contribution < 1.29 is 17.9 Å². The minimum atomic E-state index is -3.60. The molecule has 0 heterocycles. The number of nitrogens with one attached hydrogen (secondary N) is 1. The van der Waals surface area contributed by atoms with Crippen LogP contribution in [0.4, 0.5) is 5.69 Å². The topological polar surface area (TPSA) is 88.1 Å². The number of ether oxygens (including phenoxy) is 1. The first-order valence-corrected chi connectivity index (χ1v) is 10.3. The number of amides is 1. The second kappa shape index (κ2) is 8.84. The van der Waals surface area contributed by atoms with E-state index >= 15 is 0 Å². The first-order chi connectivity index (χ1) is 11.9. The van der Waals surface area contributed by atoms with Crippen LogP contribution in [0.15, 0.2) is 29.4 Å². The Kier molecular flexibility index (Phi) is 6.81. The molecule has 1 N–H and O–H groups in total. The Balaban J connectivity index is 2.06. The quantitative estimate of drug-likeness (QED) is 0.749. The van der Waals surface area contributed by atoms with Crippen LogP contribution >= 0.6 is 0 Å². The molecule has 0 spiro atoms. The SMILES string of the molecule is CCOc1ccc(N(CC(=O)NN=C2CCCCC2)S(C)(=O)=O)cc1. The Morgan fingerprint density at radius 3 is 2.40 bits per heavy atom. The summed E-state index contributed by atoms with van der Waals surface area (Å²) in [5.74, 6) is 0.185. The van der Waals surface area contributed by atoms with E-state index in [0.717, 1.165) is 42.0 Å². The zero-order valence-electron chi connectivity index (χ0n) is 14.7. The van der Waals surface area contributed by atoms with E-state index in [-0.39, 0.29) is 6.54 Å². The van der Waals surface area contributed by atoms with E-state index < -0.39 is 15.9 Å². The van der Waals surface area contributed by atoms with Crippen molar-refractivity contribution in [2.75, 3.05) is 23.7 Å². The Hall–Kier alpha value is -2.09. The van der Waals surface area contributed by atoms with Crippen LogP contribution in [0.5, 0.6) is 5.75 Å². The normalized spacial score (nSPS) is 14.7. The summed E-state index contributed by atoms with van der Waals surface area (Å²) in [5.41, 5.74) is 3.85. The van der Waals surface area contributed by atoms with Gasteiger partial charge in [-0.15, -0.1) is 0 Å². The number of sulfonamides is 1. The minimum Gasteiger partial charge on any atom is -0.494 e. The fourth-order valence-electron chi connectivity index (χ4n) is 2.65. The molecule has 0 aliphatic heterocycles. The number of carbonyl (C=O) groups is 1. The monoisotopic (exact) mass is 367 g/mol. The van der Waals surface area contributed by atoms with Crippen molar-refractivity contribution >= 4 is 27.3 Å². The van der Waals surface area contributed by atoms with E-state index in [1.54, 1.807) is 24.3 Å². The summed E-state index contributed by atoms with van der Waals surface area (Å²) in [6, 6.07) is 6.59. The predicted molar refractivity (Wildman–Crippen MR) is 98.5 cm³/mol. The van der Waals surface area contributed by atoms with Gasteiger partial charge in [-0.1, -0.05) is 6.42 Å². The Morgan fingerprint density at radius 2 is 1.84 bits per heavy atom. The van der Waals surface area contributed by atoms with Gasteiger partial charge in [0.05, 0.1) is 18.6 Å². The zero-order chi connectivity index (χ0) is 18.3. The first-order valence-electron chi connectivity index (χ1n) is 8.45. The fourth-order valence-corrected chi connectivity index (χ4v) is 3.51. The molecule has 2 rings (SSSR count). The Morgan fingerprint density at radius 1 is 1.20 bits per heavy atom. The summed E-state index contributed by atoms with van der Waals surface area (Å²) in [7, 11) is -3.60. The van der Waals surface area contributed by atoms with Gasteiger partial charge in [0, 0.05) is 5.71 Å². The number of benzene rings is 1. The Bertz CT molecular complexity index is 706. The molecule has 1 fully saturated rings. The maximum atomic E-state index is 12.1. The van der Waals surface area contributed by atoms with E-state index in [4.69, 9.17) is 4.74 Å². The number of hydrazone groups is 1. The van der Waals surface area contributed by atoms with Gasteiger partial charge in [-0.3, -0.25) is 9.10 Å². The Labute approximate surface area is 149 Å². The number of hydrogen-bond donors (Lipinski definition) is 1. The van der Waals surface area contributed by atoms with Gasteiger partial charge in [0.2, 0.25) is 10.0 Å². The second-order valence-electron chi connectivity index (χ2n) is 5.97. The van der Waals surface area contributed by atoms with E-state index in [0.29, 0.717) is 18.0 Å². The molecule has 0 atom stereocenters. The molecule has 1 aromatic carbocycles. The highest BCUT2D eigenvalue weighted by Crippen LogP contribution is 2.21. The first kappa shape index (κ1) is 19.2. The lowest BCUT2D eigenvalue weighted by Gasteiger charge is -2.21. The predicted octanol–water partition coefficient (Wildman–Crippen LogP) is 2.29. The second-order valence-corrected chi connectivity index (χ2v) is 7.88. The van der Waals surface area contributed by atoms with Gasteiger partial charge in [0.25, 0.3) is 5.91 Å². The van der Waals surface area contributed by atoms with Crippen LogP contribution in [0.2, 0.25) is 0 Å². The molecule has 1 aliphatic carbocycles. The number of carbonyl (C=O) groups excluding carboxylic acids is 1. The molecule has 0 aromatic heterocycles. The molecule has 25 heavy (non-hydrogen) atoms. The van der Waals surface area contributed by atoms with Crippen LogP contribution in [0.3, 0.4) is 0 Å². The van der Waals surface area contributed by atoms with Crippen LogP contribution in [0.1, 0.15) is 39.0 Å². The van der Waals surface area contributed by atoms with Crippen molar-refractivity contribution in [3.8, 4) is 5.75 Å². The average molecular weight is 367 g/mol. The molecule has 1 saturated carbocycles. The van der Waals surface area contributed by atoms with E-state index in [1.807, 2.05) is 6.92 Å². The van der Waals surface area contributed by atoms with Gasteiger partial charge in [0.1, 0.15) is 12.3 Å². The molecule has 1 aliphatic rings. The van der Waals surface area contributed by atoms with Crippen molar-refractivity contribution in [1.82, 2.24) is 5.43 Å². The third-order valence-electron chi connectivity index (χ3n) is 3.89. The largest absolute Gasteiger partial charge is 0.494 e. The van der Waals surface area contributed by atoms with Gasteiger partial charge in [-0.05, 0) is 56.9 Å². The number of hydrogen-bond acceptors (Lipinski definition) is 5. The summed E-state index contributed by atoms with van der Waals surface area (Å²) in [6.07, 6.45) is 6.19. The van der Waals surface area contributed by atoms with Gasteiger partial charge < -0.3 is 4.74 Å². The summed E-state index contributed by atoms with van der Waals surface area (Å²) < 4.78 is 30.5. The van der Waals surface area contributed by atoms with Crippen molar-refractivity contribution in [3.05, 3.63) is 24.3 Å². The van der Waals surface area contributed by atoms with E-state index in [9.17, 15) is 13.2 Å². The average Bonchev–Trinajstić information content (AvgIpc) is 2.59. The molecule has 1 amide bonds. The van der Waals surface area contributed by atoms with Crippen molar-refractivity contribution in [2.24, 2.45) is 5.10 Å². The highest BCUT2D eigenvalue weighted by Gasteiger charge is 2.21.